The molecule has 0 aliphatic rings. The summed E-state index contributed by atoms with van der Waals surface area (Å²) in [6.07, 6.45) is -2.86. The van der Waals surface area contributed by atoms with Gasteiger partial charge in [-0.15, -0.1) is 11.3 Å². The van der Waals surface area contributed by atoms with E-state index in [1.165, 1.54) is 17.4 Å². The highest BCUT2D eigenvalue weighted by molar-refractivity contribution is 9.08. The van der Waals surface area contributed by atoms with Crippen molar-refractivity contribution in [1.82, 2.24) is 4.98 Å². The first-order chi connectivity index (χ1) is 9.00. The van der Waals surface area contributed by atoms with Crippen LogP contribution in [0.4, 0.5) is 13.2 Å². The predicted octanol–water partition coefficient (Wildman–Crippen LogP) is 4.64. The van der Waals surface area contributed by atoms with E-state index in [1.807, 2.05) is 0 Å². The summed E-state index contributed by atoms with van der Waals surface area (Å²) in [5, 5.41) is 0.366. The average molecular weight is 352 g/mol. The van der Waals surface area contributed by atoms with Crippen LogP contribution in [0.5, 0.6) is 5.75 Å². The largest absolute Gasteiger partial charge is 0.487 e. The van der Waals surface area contributed by atoms with Crippen LogP contribution in [-0.4, -0.2) is 4.98 Å². The van der Waals surface area contributed by atoms with Crippen LogP contribution >= 0.6 is 27.3 Å². The number of rotatable bonds is 4. The molecule has 0 unspecified atom stereocenters. The van der Waals surface area contributed by atoms with E-state index in [4.69, 9.17) is 4.74 Å². The van der Waals surface area contributed by atoms with Gasteiger partial charge in [-0.2, -0.15) is 13.2 Å². The van der Waals surface area contributed by atoms with Crippen molar-refractivity contribution < 1.29 is 17.9 Å². The topological polar surface area (TPSA) is 22.1 Å². The predicted molar refractivity (Wildman–Crippen MR) is 70.5 cm³/mol. The van der Waals surface area contributed by atoms with Gasteiger partial charge in [0, 0.05) is 11.5 Å². The van der Waals surface area contributed by atoms with Crippen LogP contribution in [0.25, 0.3) is 0 Å². The Balaban J connectivity index is 2.23. The molecule has 0 aliphatic heterocycles. The van der Waals surface area contributed by atoms with Gasteiger partial charge in [-0.25, -0.2) is 0 Å². The number of alkyl halides is 4. The maximum atomic E-state index is 12.9. The Morgan fingerprint density at radius 1 is 1.32 bits per heavy atom. The molecule has 0 aliphatic carbocycles. The summed E-state index contributed by atoms with van der Waals surface area (Å²) >= 11 is 4.48. The summed E-state index contributed by atoms with van der Waals surface area (Å²) in [7, 11) is 0. The smallest absolute Gasteiger partial charge is 0.419 e. The molecule has 1 aromatic heterocycles. The zero-order valence-corrected chi connectivity index (χ0v) is 12.0. The minimum atomic E-state index is -4.43. The molecule has 0 radical (unpaired) electrons. The van der Waals surface area contributed by atoms with E-state index in [9.17, 15) is 13.2 Å². The fourth-order valence-corrected chi connectivity index (χ4v) is 2.32. The van der Waals surface area contributed by atoms with Crippen LogP contribution in [0, 0.1) is 0 Å². The summed E-state index contributed by atoms with van der Waals surface area (Å²) in [6, 6.07) is 4.04. The van der Waals surface area contributed by atoms with Crippen molar-refractivity contribution >= 4 is 27.3 Å². The third kappa shape index (κ3) is 3.70. The second-order valence-electron chi connectivity index (χ2n) is 3.72. The van der Waals surface area contributed by atoms with Crippen molar-refractivity contribution in [1.29, 1.82) is 0 Å². The molecule has 2 nitrogen and oxygen atoms in total. The van der Waals surface area contributed by atoms with Gasteiger partial charge in [0.15, 0.2) is 0 Å². The van der Waals surface area contributed by atoms with Crippen LogP contribution in [0.3, 0.4) is 0 Å². The lowest BCUT2D eigenvalue weighted by atomic mass is 10.1. The van der Waals surface area contributed by atoms with Gasteiger partial charge in [0.2, 0.25) is 0 Å². The van der Waals surface area contributed by atoms with E-state index in [0.717, 1.165) is 10.9 Å². The number of benzene rings is 1. The van der Waals surface area contributed by atoms with E-state index in [1.54, 1.807) is 17.8 Å². The molecule has 102 valence electrons. The lowest BCUT2D eigenvalue weighted by molar-refractivity contribution is -0.139. The summed E-state index contributed by atoms with van der Waals surface area (Å²) in [5.41, 5.74) is 1.41. The summed E-state index contributed by atoms with van der Waals surface area (Å²) in [5.74, 6) is -0.161. The van der Waals surface area contributed by atoms with Gasteiger partial charge >= 0.3 is 6.18 Å². The fourth-order valence-electron chi connectivity index (χ4n) is 1.47. The number of hydrogen-bond donors (Lipinski definition) is 0. The summed E-state index contributed by atoms with van der Waals surface area (Å²) in [6.45, 7) is 0.0847. The molecule has 0 bridgehead atoms. The number of aromatic nitrogens is 1. The van der Waals surface area contributed by atoms with Crippen LogP contribution in [0.1, 0.15) is 16.0 Å². The van der Waals surface area contributed by atoms with Crippen molar-refractivity contribution in [3.63, 3.8) is 0 Å². The van der Waals surface area contributed by atoms with E-state index in [-0.39, 0.29) is 12.4 Å². The molecule has 1 aromatic carbocycles. The van der Waals surface area contributed by atoms with Crippen molar-refractivity contribution in [2.75, 3.05) is 0 Å². The van der Waals surface area contributed by atoms with Gasteiger partial charge in [-0.3, -0.25) is 4.98 Å². The zero-order chi connectivity index (χ0) is 13.9. The lowest BCUT2D eigenvalue weighted by Crippen LogP contribution is -2.09. The van der Waals surface area contributed by atoms with E-state index in [0.29, 0.717) is 10.9 Å². The Morgan fingerprint density at radius 2 is 2.11 bits per heavy atom. The third-order valence-electron chi connectivity index (χ3n) is 2.36. The molecule has 0 amide bonds. The maximum absolute atomic E-state index is 12.9. The van der Waals surface area contributed by atoms with Crippen LogP contribution in [0.15, 0.2) is 29.9 Å². The van der Waals surface area contributed by atoms with Crippen molar-refractivity contribution in [3.8, 4) is 5.75 Å². The fraction of sp³-hybridized carbons (Fsp3) is 0.250. The Bertz CT molecular complexity index is 542. The minimum absolute atomic E-state index is 0.0847. The quantitative estimate of drug-likeness (QED) is 0.749. The highest BCUT2D eigenvalue weighted by atomic mass is 79.9. The van der Waals surface area contributed by atoms with Crippen molar-refractivity contribution in [3.05, 3.63) is 45.9 Å². The van der Waals surface area contributed by atoms with E-state index < -0.39 is 11.7 Å². The van der Waals surface area contributed by atoms with Gasteiger partial charge in [0.05, 0.1) is 16.0 Å². The zero-order valence-electron chi connectivity index (χ0n) is 9.58. The summed E-state index contributed by atoms with van der Waals surface area (Å²) in [4.78, 5) is 4.62. The first-order valence-corrected chi connectivity index (χ1v) is 7.27. The van der Waals surface area contributed by atoms with Crippen molar-refractivity contribution in [2.24, 2.45) is 0 Å². The van der Waals surface area contributed by atoms with Crippen LogP contribution in [-0.2, 0) is 18.1 Å². The number of thiazole rings is 1. The normalized spacial score (nSPS) is 11.6. The van der Waals surface area contributed by atoms with Gasteiger partial charge < -0.3 is 4.74 Å². The number of nitrogens with zero attached hydrogens (tertiary/aromatic N) is 1. The maximum Gasteiger partial charge on any atom is 0.419 e. The Morgan fingerprint density at radius 3 is 2.68 bits per heavy atom. The number of halogens is 4. The molecule has 0 fully saturated rings. The van der Waals surface area contributed by atoms with Crippen LogP contribution in [0.2, 0.25) is 0 Å². The monoisotopic (exact) mass is 351 g/mol. The SMILES string of the molecule is FC(F)(F)c1cc(CBr)ccc1OCc1cncs1. The molecule has 2 aromatic rings. The molecule has 0 N–H and O–H groups in total. The Labute approximate surface area is 120 Å². The molecule has 1 heterocycles. The highest BCUT2D eigenvalue weighted by Crippen LogP contribution is 2.37. The molecular weight excluding hydrogens is 343 g/mol. The standard InChI is InChI=1S/C12H9BrF3NOS/c13-4-8-1-2-11(10(3-8)12(14,15)16)18-6-9-5-17-7-19-9/h1-3,5,7H,4,6H2. The molecule has 2 rings (SSSR count). The Kier molecular flexibility index (Phi) is 4.46. The van der Waals surface area contributed by atoms with E-state index in [2.05, 4.69) is 20.9 Å². The first kappa shape index (κ1) is 14.3. The minimum Gasteiger partial charge on any atom is -0.487 e. The second kappa shape index (κ2) is 5.92. The third-order valence-corrected chi connectivity index (χ3v) is 3.76. The molecule has 0 atom stereocenters. The molecule has 7 heteroatoms. The first-order valence-electron chi connectivity index (χ1n) is 5.27. The van der Waals surface area contributed by atoms with Gasteiger partial charge in [0.1, 0.15) is 12.4 Å². The second-order valence-corrected chi connectivity index (χ2v) is 5.25. The van der Waals surface area contributed by atoms with Gasteiger partial charge in [-0.05, 0) is 17.7 Å². The molecular formula is C12H9BrF3NOS. The lowest BCUT2D eigenvalue weighted by Gasteiger charge is -2.14. The van der Waals surface area contributed by atoms with Gasteiger partial charge in [0.25, 0.3) is 0 Å². The van der Waals surface area contributed by atoms with E-state index >= 15 is 0 Å². The Hall–Kier alpha value is -1.08. The van der Waals surface area contributed by atoms with Crippen LogP contribution < -0.4 is 4.74 Å². The average Bonchev–Trinajstić information content (AvgIpc) is 2.88. The molecule has 0 saturated heterocycles. The number of hydrogen-bond acceptors (Lipinski definition) is 3. The number of ether oxygens (including phenoxy) is 1. The van der Waals surface area contributed by atoms with Crippen molar-refractivity contribution in [2.45, 2.75) is 18.1 Å². The summed E-state index contributed by atoms with van der Waals surface area (Å²) < 4.78 is 44.0. The molecule has 19 heavy (non-hydrogen) atoms. The highest BCUT2D eigenvalue weighted by Gasteiger charge is 2.34. The molecule has 0 saturated carbocycles. The van der Waals surface area contributed by atoms with Gasteiger partial charge in [-0.1, -0.05) is 22.0 Å². The molecule has 0 spiro atoms.